The highest BCUT2D eigenvalue weighted by atomic mass is 35.5. The van der Waals surface area contributed by atoms with E-state index in [0.29, 0.717) is 19.0 Å². The van der Waals surface area contributed by atoms with Crippen LogP contribution in [0.1, 0.15) is 23.5 Å². The van der Waals surface area contributed by atoms with Crippen LogP contribution in [0.5, 0.6) is 0 Å². The maximum Gasteiger partial charge on any atom is 0.194 e. The molecule has 0 aliphatic heterocycles. The Hall–Kier alpha value is -1.63. The lowest BCUT2D eigenvalue weighted by molar-refractivity contribution is 0.181. The number of halogens is 2. The van der Waals surface area contributed by atoms with Gasteiger partial charge in [-0.2, -0.15) is 0 Å². The SMILES string of the molecule is CCNC(=NCC(O)c1ccccc1F)N(C)Cc1ccc(Cl)s1. The van der Waals surface area contributed by atoms with E-state index in [0.717, 1.165) is 9.21 Å². The minimum atomic E-state index is -0.982. The van der Waals surface area contributed by atoms with Crippen molar-refractivity contribution in [3.63, 3.8) is 0 Å². The molecule has 0 radical (unpaired) electrons. The lowest BCUT2D eigenvalue weighted by Crippen LogP contribution is -2.38. The van der Waals surface area contributed by atoms with E-state index in [1.165, 1.54) is 17.4 Å². The third-order valence-corrected chi connectivity index (χ3v) is 4.61. The van der Waals surface area contributed by atoms with Crippen molar-refractivity contribution in [3.8, 4) is 0 Å². The molecular formula is C17H21ClFN3OS. The Morgan fingerprint density at radius 1 is 1.38 bits per heavy atom. The van der Waals surface area contributed by atoms with Crippen molar-refractivity contribution in [1.82, 2.24) is 10.2 Å². The van der Waals surface area contributed by atoms with Crippen LogP contribution in [0.4, 0.5) is 4.39 Å². The first-order valence-electron chi connectivity index (χ1n) is 7.67. The smallest absolute Gasteiger partial charge is 0.194 e. The molecule has 0 aliphatic carbocycles. The summed E-state index contributed by atoms with van der Waals surface area (Å²) >= 11 is 7.47. The summed E-state index contributed by atoms with van der Waals surface area (Å²) in [4.78, 5) is 7.48. The largest absolute Gasteiger partial charge is 0.386 e. The molecule has 0 aliphatic rings. The molecule has 1 unspecified atom stereocenters. The van der Waals surface area contributed by atoms with Gasteiger partial charge in [-0.15, -0.1) is 11.3 Å². The zero-order valence-electron chi connectivity index (χ0n) is 13.7. The van der Waals surface area contributed by atoms with E-state index >= 15 is 0 Å². The Balaban J connectivity index is 2.05. The van der Waals surface area contributed by atoms with Gasteiger partial charge in [0, 0.05) is 24.0 Å². The Morgan fingerprint density at radius 3 is 2.75 bits per heavy atom. The fraction of sp³-hybridized carbons (Fsp3) is 0.353. The Labute approximate surface area is 150 Å². The average molecular weight is 370 g/mol. The third kappa shape index (κ3) is 5.19. The van der Waals surface area contributed by atoms with Crippen LogP contribution in [-0.2, 0) is 6.54 Å². The second-order valence-electron chi connectivity index (χ2n) is 5.29. The van der Waals surface area contributed by atoms with Crippen LogP contribution in [-0.4, -0.2) is 36.1 Å². The molecule has 0 bridgehead atoms. The van der Waals surface area contributed by atoms with Crippen molar-refractivity contribution in [2.45, 2.75) is 19.6 Å². The molecule has 24 heavy (non-hydrogen) atoms. The van der Waals surface area contributed by atoms with Crippen LogP contribution in [0, 0.1) is 5.82 Å². The molecule has 130 valence electrons. The monoisotopic (exact) mass is 369 g/mol. The fourth-order valence-electron chi connectivity index (χ4n) is 2.23. The summed E-state index contributed by atoms with van der Waals surface area (Å²) in [6, 6.07) is 10.0. The van der Waals surface area contributed by atoms with Crippen molar-refractivity contribution in [1.29, 1.82) is 0 Å². The average Bonchev–Trinajstić information content (AvgIpc) is 2.96. The zero-order valence-corrected chi connectivity index (χ0v) is 15.2. The predicted octanol–water partition coefficient (Wildman–Crippen LogP) is 3.67. The summed E-state index contributed by atoms with van der Waals surface area (Å²) < 4.78 is 14.5. The van der Waals surface area contributed by atoms with Crippen molar-refractivity contribution < 1.29 is 9.50 Å². The van der Waals surface area contributed by atoms with Gasteiger partial charge in [0.05, 0.1) is 17.4 Å². The molecule has 0 saturated carbocycles. The number of hydrogen-bond acceptors (Lipinski definition) is 3. The first kappa shape index (κ1) is 18.7. The third-order valence-electron chi connectivity index (χ3n) is 3.40. The summed E-state index contributed by atoms with van der Waals surface area (Å²) in [6.07, 6.45) is -0.982. The van der Waals surface area contributed by atoms with Crippen molar-refractivity contribution in [3.05, 3.63) is 57.0 Å². The minimum Gasteiger partial charge on any atom is -0.386 e. The van der Waals surface area contributed by atoms with Gasteiger partial charge in [0.2, 0.25) is 0 Å². The number of thiophene rings is 1. The summed E-state index contributed by atoms with van der Waals surface area (Å²) in [7, 11) is 1.91. The van der Waals surface area contributed by atoms with E-state index in [1.54, 1.807) is 18.2 Å². The standard InChI is InChI=1S/C17H21ClFN3OS/c1-3-20-17(22(2)11-12-8-9-16(18)24-12)21-10-15(23)13-6-4-5-7-14(13)19/h4-9,15,23H,3,10-11H2,1-2H3,(H,20,21). The summed E-state index contributed by atoms with van der Waals surface area (Å²) in [5.74, 6) is 0.226. The Morgan fingerprint density at radius 2 is 2.12 bits per heavy atom. The quantitative estimate of drug-likeness (QED) is 0.603. The van der Waals surface area contributed by atoms with E-state index in [2.05, 4.69) is 10.3 Å². The van der Waals surface area contributed by atoms with Gasteiger partial charge in [0.1, 0.15) is 11.9 Å². The Bertz CT molecular complexity index is 692. The first-order chi connectivity index (χ1) is 11.5. The molecule has 1 atom stereocenters. The van der Waals surface area contributed by atoms with Gasteiger partial charge in [-0.25, -0.2) is 4.39 Å². The van der Waals surface area contributed by atoms with Gasteiger partial charge in [0.25, 0.3) is 0 Å². The second kappa shape index (κ2) is 9.01. The van der Waals surface area contributed by atoms with E-state index in [-0.39, 0.29) is 12.1 Å². The number of aliphatic imine (C=N–C) groups is 1. The number of rotatable bonds is 6. The van der Waals surface area contributed by atoms with Crippen LogP contribution >= 0.6 is 22.9 Å². The maximum atomic E-state index is 13.7. The summed E-state index contributed by atoms with van der Waals surface area (Å²) in [5.41, 5.74) is 0.254. The van der Waals surface area contributed by atoms with E-state index in [9.17, 15) is 9.50 Å². The highest BCUT2D eigenvalue weighted by Gasteiger charge is 2.13. The van der Waals surface area contributed by atoms with Gasteiger partial charge >= 0.3 is 0 Å². The molecule has 1 aromatic carbocycles. The summed E-state index contributed by atoms with van der Waals surface area (Å²) in [5, 5.41) is 13.4. The number of nitrogens with one attached hydrogen (secondary N) is 1. The van der Waals surface area contributed by atoms with Crippen LogP contribution in [0.25, 0.3) is 0 Å². The maximum absolute atomic E-state index is 13.7. The topological polar surface area (TPSA) is 47.9 Å². The number of guanidine groups is 1. The van der Waals surface area contributed by atoms with Gasteiger partial charge in [-0.05, 0) is 25.1 Å². The lowest BCUT2D eigenvalue weighted by atomic mass is 10.1. The highest BCUT2D eigenvalue weighted by molar-refractivity contribution is 7.16. The van der Waals surface area contributed by atoms with E-state index < -0.39 is 11.9 Å². The molecule has 4 nitrogen and oxygen atoms in total. The van der Waals surface area contributed by atoms with Gasteiger partial charge in [-0.1, -0.05) is 29.8 Å². The number of benzene rings is 1. The Kier molecular flexibility index (Phi) is 7.02. The fourth-order valence-corrected chi connectivity index (χ4v) is 3.37. The van der Waals surface area contributed by atoms with E-state index in [4.69, 9.17) is 11.6 Å². The lowest BCUT2D eigenvalue weighted by Gasteiger charge is -2.22. The van der Waals surface area contributed by atoms with Crippen molar-refractivity contribution in [2.75, 3.05) is 20.1 Å². The second-order valence-corrected chi connectivity index (χ2v) is 7.09. The molecule has 1 heterocycles. The molecule has 0 amide bonds. The van der Waals surface area contributed by atoms with Crippen LogP contribution in [0.15, 0.2) is 41.4 Å². The molecular weight excluding hydrogens is 349 g/mol. The zero-order chi connectivity index (χ0) is 17.5. The molecule has 0 fully saturated rings. The van der Waals surface area contributed by atoms with Crippen LogP contribution in [0.2, 0.25) is 4.34 Å². The van der Waals surface area contributed by atoms with Gasteiger partial charge in [0.15, 0.2) is 5.96 Å². The molecule has 2 rings (SSSR count). The van der Waals surface area contributed by atoms with Crippen molar-refractivity contribution >= 4 is 28.9 Å². The van der Waals surface area contributed by atoms with Gasteiger partial charge < -0.3 is 15.3 Å². The van der Waals surface area contributed by atoms with E-state index in [1.807, 2.05) is 31.0 Å². The normalized spacial score (nSPS) is 13.0. The van der Waals surface area contributed by atoms with Crippen LogP contribution < -0.4 is 5.32 Å². The number of nitrogens with zero attached hydrogens (tertiary/aromatic N) is 2. The molecule has 7 heteroatoms. The summed E-state index contributed by atoms with van der Waals surface area (Å²) in [6.45, 7) is 3.40. The predicted molar refractivity (Wildman–Crippen MR) is 98.1 cm³/mol. The molecule has 0 spiro atoms. The number of aliphatic hydroxyl groups excluding tert-OH is 1. The van der Waals surface area contributed by atoms with Crippen LogP contribution in [0.3, 0.4) is 0 Å². The molecule has 2 N–H and O–H groups in total. The molecule has 0 saturated heterocycles. The van der Waals surface area contributed by atoms with Crippen molar-refractivity contribution in [2.24, 2.45) is 4.99 Å². The molecule has 2 aromatic rings. The van der Waals surface area contributed by atoms with Gasteiger partial charge in [-0.3, -0.25) is 4.99 Å². The highest BCUT2D eigenvalue weighted by Crippen LogP contribution is 2.22. The number of hydrogen-bond donors (Lipinski definition) is 2. The molecule has 1 aromatic heterocycles. The minimum absolute atomic E-state index is 0.0821. The number of aliphatic hydroxyl groups is 1. The first-order valence-corrected chi connectivity index (χ1v) is 8.86.